The highest BCUT2D eigenvalue weighted by molar-refractivity contribution is 6.06. The van der Waals surface area contributed by atoms with Gasteiger partial charge in [-0.25, -0.2) is 9.59 Å². The summed E-state index contributed by atoms with van der Waals surface area (Å²) in [5.41, 5.74) is 1.65. The van der Waals surface area contributed by atoms with Gasteiger partial charge in [-0.15, -0.1) is 5.01 Å². The molecule has 3 aromatic rings. The van der Waals surface area contributed by atoms with Gasteiger partial charge in [0.2, 0.25) is 0 Å². The average molecular weight is 444 g/mol. The lowest BCUT2D eigenvalue weighted by atomic mass is 9.85. The molecule has 3 aromatic carbocycles. The molecule has 0 unspecified atom stereocenters. The monoisotopic (exact) mass is 444 g/mol. The fourth-order valence-corrected chi connectivity index (χ4v) is 3.73. The van der Waals surface area contributed by atoms with Gasteiger partial charge in [0.1, 0.15) is 13.2 Å². The summed E-state index contributed by atoms with van der Waals surface area (Å²) in [7, 11) is 0. The summed E-state index contributed by atoms with van der Waals surface area (Å²) >= 11 is 0. The van der Waals surface area contributed by atoms with E-state index in [-0.39, 0.29) is 13.2 Å². The van der Waals surface area contributed by atoms with Crippen LogP contribution in [0.1, 0.15) is 29.2 Å². The molecule has 0 radical (unpaired) electrons. The lowest BCUT2D eigenvalue weighted by Crippen LogP contribution is -2.76. The second kappa shape index (κ2) is 9.16. The Balaban J connectivity index is 1.57. The first-order valence-electron chi connectivity index (χ1n) is 10.5. The minimum Gasteiger partial charge on any atom is -0.443 e. The Morgan fingerprint density at radius 3 is 1.88 bits per heavy atom. The molecule has 168 valence electrons. The van der Waals surface area contributed by atoms with Gasteiger partial charge in [0.05, 0.1) is 0 Å². The standard InChI is InChI=1S/C26H24N2O5/c1-19-10-9-15-22(16-19)26(2)23(29)27(24(30)32-17-20-11-5-3-6-12-20)28(26)25(31)33-18-21-13-7-4-8-14-21/h3-16H,17-18H2,1-2H3/t26-/m1/s1. The number of imide groups is 1. The van der Waals surface area contributed by atoms with Crippen LogP contribution in [0, 0.1) is 6.92 Å². The zero-order chi connectivity index (χ0) is 23.4. The highest BCUT2D eigenvalue weighted by Gasteiger charge is 2.63. The Morgan fingerprint density at radius 2 is 1.33 bits per heavy atom. The number of benzene rings is 3. The van der Waals surface area contributed by atoms with E-state index in [0.717, 1.165) is 21.7 Å². The molecule has 1 aliphatic heterocycles. The fraction of sp³-hybridized carbons (Fsp3) is 0.192. The summed E-state index contributed by atoms with van der Waals surface area (Å²) in [6.07, 6.45) is -1.76. The molecule has 4 rings (SSSR count). The van der Waals surface area contributed by atoms with Crippen molar-refractivity contribution in [3.63, 3.8) is 0 Å². The van der Waals surface area contributed by atoms with Crippen LogP contribution in [0.3, 0.4) is 0 Å². The molecule has 1 aliphatic rings. The third-order valence-corrected chi connectivity index (χ3v) is 5.57. The summed E-state index contributed by atoms with van der Waals surface area (Å²) in [6, 6.07) is 25.5. The molecule has 7 nitrogen and oxygen atoms in total. The lowest BCUT2D eigenvalue weighted by molar-refractivity contribution is -0.199. The predicted molar refractivity (Wildman–Crippen MR) is 120 cm³/mol. The average Bonchev–Trinajstić information content (AvgIpc) is 2.84. The molecule has 0 spiro atoms. The molecule has 0 aromatic heterocycles. The Labute approximate surface area is 192 Å². The Bertz CT molecular complexity index is 1170. The number of hydrogen-bond donors (Lipinski definition) is 0. The lowest BCUT2D eigenvalue weighted by Gasteiger charge is -2.53. The van der Waals surface area contributed by atoms with Gasteiger partial charge in [0, 0.05) is 0 Å². The zero-order valence-electron chi connectivity index (χ0n) is 18.4. The van der Waals surface area contributed by atoms with Gasteiger partial charge in [-0.1, -0.05) is 90.5 Å². The highest BCUT2D eigenvalue weighted by Crippen LogP contribution is 2.42. The fourth-order valence-electron chi connectivity index (χ4n) is 3.73. The van der Waals surface area contributed by atoms with Crippen LogP contribution in [0.4, 0.5) is 9.59 Å². The van der Waals surface area contributed by atoms with Crippen molar-refractivity contribution in [2.24, 2.45) is 0 Å². The molecule has 1 fully saturated rings. The van der Waals surface area contributed by atoms with E-state index < -0.39 is 23.6 Å². The van der Waals surface area contributed by atoms with Crippen molar-refractivity contribution in [3.05, 3.63) is 107 Å². The number of ether oxygens (including phenoxy) is 2. The summed E-state index contributed by atoms with van der Waals surface area (Å²) in [4.78, 5) is 39.1. The van der Waals surface area contributed by atoms with Crippen molar-refractivity contribution in [2.45, 2.75) is 32.6 Å². The van der Waals surface area contributed by atoms with Crippen LogP contribution in [-0.2, 0) is 33.0 Å². The SMILES string of the molecule is Cc1cccc([C@]2(C)C(=O)N(C(=O)OCc3ccccc3)N2C(=O)OCc2ccccc2)c1. The Hall–Kier alpha value is -4.13. The summed E-state index contributed by atoms with van der Waals surface area (Å²) in [5, 5.41) is 1.74. The number of carbonyl (C=O) groups is 3. The molecule has 7 heteroatoms. The molecule has 0 bridgehead atoms. The minimum absolute atomic E-state index is 0.00115. The van der Waals surface area contributed by atoms with E-state index in [1.807, 2.05) is 67.6 Å². The van der Waals surface area contributed by atoms with Crippen molar-refractivity contribution in [3.8, 4) is 0 Å². The third kappa shape index (κ3) is 4.30. The summed E-state index contributed by atoms with van der Waals surface area (Å²) in [5.74, 6) is -0.567. The van der Waals surface area contributed by atoms with Crippen LogP contribution >= 0.6 is 0 Å². The van der Waals surface area contributed by atoms with Crippen molar-refractivity contribution in [1.82, 2.24) is 10.0 Å². The van der Waals surface area contributed by atoms with Gasteiger partial charge >= 0.3 is 12.2 Å². The van der Waals surface area contributed by atoms with Crippen molar-refractivity contribution in [1.29, 1.82) is 0 Å². The van der Waals surface area contributed by atoms with Crippen LogP contribution in [0.5, 0.6) is 0 Å². The number of carbonyl (C=O) groups excluding carboxylic acids is 3. The van der Waals surface area contributed by atoms with Crippen LogP contribution in [-0.4, -0.2) is 28.1 Å². The van der Waals surface area contributed by atoms with Gasteiger partial charge in [-0.2, -0.15) is 5.01 Å². The smallest absolute Gasteiger partial charge is 0.436 e. The van der Waals surface area contributed by atoms with Crippen molar-refractivity contribution in [2.75, 3.05) is 0 Å². The molecule has 1 atom stereocenters. The second-order valence-corrected chi connectivity index (χ2v) is 7.95. The molecular formula is C26H24N2O5. The zero-order valence-corrected chi connectivity index (χ0v) is 18.4. The molecule has 1 saturated heterocycles. The van der Waals surface area contributed by atoms with E-state index in [2.05, 4.69) is 0 Å². The number of amides is 3. The molecular weight excluding hydrogens is 420 g/mol. The van der Waals surface area contributed by atoms with Crippen molar-refractivity contribution < 1.29 is 23.9 Å². The quantitative estimate of drug-likeness (QED) is 0.557. The van der Waals surface area contributed by atoms with Gasteiger partial charge in [0.15, 0.2) is 5.54 Å². The van der Waals surface area contributed by atoms with Crippen LogP contribution in [0.15, 0.2) is 84.9 Å². The van der Waals surface area contributed by atoms with Crippen LogP contribution < -0.4 is 0 Å². The van der Waals surface area contributed by atoms with E-state index in [1.54, 1.807) is 31.2 Å². The highest BCUT2D eigenvalue weighted by atomic mass is 16.6. The van der Waals surface area contributed by atoms with Gasteiger partial charge < -0.3 is 9.47 Å². The van der Waals surface area contributed by atoms with E-state index in [1.165, 1.54) is 0 Å². The summed E-state index contributed by atoms with van der Waals surface area (Å²) < 4.78 is 10.8. The summed E-state index contributed by atoms with van der Waals surface area (Å²) in [6.45, 7) is 3.45. The first-order chi connectivity index (χ1) is 15.9. The van der Waals surface area contributed by atoms with Gasteiger partial charge in [-0.05, 0) is 30.5 Å². The molecule has 33 heavy (non-hydrogen) atoms. The molecule has 0 saturated carbocycles. The predicted octanol–water partition coefficient (Wildman–Crippen LogP) is 4.94. The molecule has 3 amide bonds. The van der Waals surface area contributed by atoms with E-state index >= 15 is 0 Å². The van der Waals surface area contributed by atoms with Crippen LogP contribution in [0.25, 0.3) is 0 Å². The van der Waals surface area contributed by atoms with E-state index in [0.29, 0.717) is 10.6 Å². The van der Waals surface area contributed by atoms with E-state index in [9.17, 15) is 14.4 Å². The topological polar surface area (TPSA) is 76.2 Å². The second-order valence-electron chi connectivity index (χ2n) is 7.95. The number of hydrazine groups is 1. The number of rotatable bonds is 5. The maximum absolute atomic E-state index is 13.2. The van der Waals surface area contributed by atoms with Gasteiger partial charge in [0.25, 0.3) is 5.91 Å². The maximum atomic E-state index is 13.2. The van der Waals surface area contributed by atoms with Crippen LogP contribution in [0.2, 0.25) is 0 Å². The molecule has 1 heterocycles. The molecule has 0 N–H and O–H groups in total. The maximum Gasteiger partial charge on any atom is 0.436 e. The number of aryl methyl sites for hydroxylation is 1. The largest absolute Gasteiger partial charge is 0.443 e. The number of nitrogens with zero attached hydrogens (tertiary/aromatic N) is 2. The minimum atomic E-state index is -1.40. The first kappa shape index (κ1) is 22.1. The van der Waals surface area contributed by atoms with Crippen molar-refractivity contribution >= 4 is 18.1 Å². The van der Waals surface area contributed by atoms with E-state index in [4.69, 9.17) is 9.47 Å². The Kier molecular flexibility index (Phi) is 6.13. The normalized spacial score (nSPS) is 17.3. The molecule has 0 aliphatic carbocycles. The third-order valence-electron chi connectivity index (χ3n) is 5.57. The first-order valence-corrected chi connectivity index (χ1v) is 10.5. The van der Waals surface area contributed by atoms with Gasteiger partial charge in [-0.3, -0.25) is 4.79 Å². The number of hydrogen-bond acceptors (Lipinski definition) is 5. The Morgan fingerprint density at radius 1 is 0.788 bits per heavy atom.